The van der Waals surface area contributed by atoms with E-state index in [0.717, 1.165) is 18.7 Å². The topological polar surface area (TPSA) is 68.7 Å². The highest BCUT2D eigenvalue weighted by atomic mass is 19.1. The van der Waals surface area contributed by atoms with Crippen LogP contribution < -0.4 is 10.2 Å². The number of benzene rings is 2. The van der Waals surface area contributed by atoms with Crippen LogP contribution in [0.2, 0.25) is 0 Å². The molecule has 2 aromatic carbocycles. The van der Waals surface area contributed by atoms with Gasteiger partial charge in [-0.25, -0.2) is 9.37 Å². The summed E-state index contributed by atoms with van der Waals surface area (Å²) in [4.78, 5) is 21.9. The fraction of sp³-hybridized carbons (Fsp3) is 0.308. The SMILES string of the molecule is O=C(NC(CO)Cc1ccccc1)c1cccnc1N1CCN(Cc2ccccc2F)CC1. The van der Waals surface area contributed by atoms with E-state index in [9.17, 15) is 14.3 Å². The molecule has 1 saturated heterocycles. The molecule has 0 saturated carbocycles. The Morgan fingerprint density at radius 3 is 2.45 bits per heavy atom. The summed E-state index contributed by atoms with van der Waals surface area (Å²) < 4.78 is 14.0. The first-order chi connectivity index (χ1) is 16.1. The van der Waals surface area contributed by atoms with Crippen molar-refractivity contribution in [3.8, 4) is 0 Å². The van der Waals surface area contributed by atoms with Crippen molar-refractivity contribution < 1.29 is 14.3 Å². The number of carbonyl (C=O) groups excluding carboxylic acids is 1. The van der Waals surface area contributed by atoms with Crippen LogP contribution in [0.5, 0.6) is 0 Å². The zero-order valence-corrected chi connectivity index (χ0v) is 18.5. The van der Waals surface area contributed by atoms with Crippen LogP contribution in [0, 0.1) is 5.82 Å². The van der Waals surface area contributed by atoms with Crippen LogP contribution in [-0.2, 0) is 13.0 Å². The second kappa shape index (κ2) is 11.0. The van der Waals surface area contributed by atoms with Crippen LogP contribution in [0.1, 0.15) is 21.5 Å². The van der Waals surface area contributed by atoms with Gasteiger partial charge in [0.2, 0.25) is 0 Å². The van der Waals surface area contributed by atoms with E-state index in [4.69, 9.17) is 0 Å². The van der Waals surface area contributed by atoms with Gasteiger partial charge in [0, 0.05) is 44.5 Å². The third kappa shape index (κ3) is 5.94. The molecule has 2 heterocycles. The fourth-order valence-electron chi connectivity index (χ4n) is 4.13. The van der Waals surface area contributed by atoms with Crippen molar-refractivity contribution in [3.63, 3.8) is 0 Å². The lowest BCUT2D eigenvalue weighted by Gasteiger charge is -2.36. The first kappa shape index (κ1) is 22.9. The predicted octanol–water partition coefficient (Wildman–Crippen LogP) is 2.88. The van der Waals surface area contributed by atoms with Crippen LogP contribution in [-0.4, -0.2) is 59.7 Å². The molecule has 1 unspecified atom stereocenters. The molecule has 7 heteroatoms. The van der Waals surface area contributed by atoms with Gasteiger partial charge in [-0.2, -0.15) is 0 Å². The van der Waals surface area contributed by atoms with E-state index in [-0.39, 0.29) is 24.4 Å². The van der Waals surface area contributed by atoms with Gasteiger partial charge in [-0.3, -0.25) is 9.69 Å². The summed E-state index contributed by atoms with van der Waals surface area (Å²) in [5.74, 6) is 0.205. The molecule has 1 aliphatic heterocycles. The standard InChI is InChI=1S/C26H29FN4O2/c27-24-11-5-4-9-21(24)18-30-13-15-31(16-14-30)25-23(10-6-12-28-25)26(33)29-22(19-32)17-20-7-2-1-3-8-20/h1-12,22,32H,13-19H2,(H,29,33). The minimum absolute atomic E-state index is 0.148. The van der Waals surface area contributed by atoms with Gasteiger partial charge < -0.3 is 15.3 Å². The Hall–Kier alpha value is -3.29. The van der Waals surface area contributed by atoms with Crippen molar-refractivity contribution in [2.24, 2.45) is 0 Å². The third-order valence-corrected chi connectivity index (χ3v) is 5.94. The third-order valence-electron chi connectivity index (χ3n) is 5.94. The maximum absolute atomic E-state index is 14.0. The summed E-state index contributed by atoms with van der Waals surface area (Å²) in [5.41, 5.74) is 2.23. The van der Waals surface area contributed by atoms with Crippen molar-refractivity contribution in [3.05, 3.63) is 95.4 Å². The lowest BCUT2D eigenvalue weighted by molar-refractivity contribution is 0.0916. The summed E-state index contributed by atoms with van der Waals surface area (Å²) >= 11 is 0. The van der Waals surface area contributed by atoms with Gasteiger partial charge in [0.1, 0.15) is 11.6 Å². The average Bonchev–Trinajstić information content (AvgIpc) is 2.86. The Morgan fingerprint density at radius 1 is 1.00 bits per heavy atom. The number of anilines is 1. The van der Waals surface area contributed by atoms with Gasteiger partial charge in [0.25, 0.3) is 5.91 Å². The number of aliphatic hydroxyl groups excluding tert-OH is 1. The number of halogens is 1. The quantitative estimate of drug-likeness (QED) is 0.555. The molecule has 4 rings (SSSR count). The highest BCUT2D eigenvalue weighted by Crippen LogP contribution is 2.20. The minimum atomic E-state index is -0.384. The number of pyridine rings is 1. The smallest absolute Gasteiger partial charge is 0.255 e. The van der Waals surface area contributed by atoms with E-state index in [2.05, 4.69) is 20.1 Å². The lowest BCUT2D eigenvalue weighted by Crippen LogP contribution is -2.47. The molecular formula is C26H29FN4O2. The van der Waals surface area contributed by atoms with E-state index in [1.807, 2.05) is 42.5 Å². The number of aliphatic hydroxyl groups is 1. The van der Waals surface area contributed by atoms with Gasteiger partial charge in [0.05, 0.1) is 18.2 Å². The van der Waals surface area contributed by atoms with E-state index < -0.39 is 0 Å². The Bertz CT molecular complexity index is 1050. The van der Waals surface area contributed by atoms with E-state index >= 15 is 0 Å². The summed E-state index contributed by atoms with van der Waals surface area (Å²) in [6.07, 6.45) is 2.23. The molecule has 0 bridgehead atoms. The number of carbonyl (C=O) groups is 1. The molecular weight excluding hydrogens is 419 g/mol. The first-order valence-corrected chi connectivity index (χ1v) is 11.3. The van der Waals surface area contributed by atoms with Crippen LogP contribution in [0.25, 0.3) is 0 Å². The zero-order chi connectivity index (χ0) is 23.0. The zero-order valence-electron chi connectivity index (χ0n) is 18.5. The van der Waals surface area contributed by atoms with Crippen molar-refractivity contribution in [2.75, 3.05) is 37.7 Å². The maximum atomic E-state index is 14.0. The van der Waals surface area contributed by atoms with E-state index in [1.54, 1.807) is 24.4 Å². The lowest BCUT2D eigenvalue weighted by atomic mass is 10.1. The molecule has 33 heavy (non-hydrogen) atoms. The van der Waals surface area contributed by atoms with E-state index in [0.29, 0.717) is 43.0 Å². The normalized spacial score (nSPS) is 15.3. The van der Waals surface area contributed by atoms with E-state index in [1.165, 1.54) is 6.07 Å². The second-order valence-electron chi connectivity index (χ2n) is 8.27. The first-order valence-electron chi connectivity index (χ1n) is 11.3. The molecule has 2 N–H and O–H groups in total. The molecule has 0 aliphatic carbocycles. The number of nitrogens with zero attached hydrogens (tertiary/aromatic N) is 3. The maximum Gasteiger partial charge on any atom is 0.255 e. The Kier molecular flexibility index (Phi) is 7.65. The Morgan fingerprint density at radius 2 is 1.73 bits per heavy atom. The monoisotopic (exact) mass is 448 g/mol. The number of amides is 1. The van der Waals surface area contributed by atoms with Crippen LogP contribution >= 0.6 is 0 Å². The number of piperazine rings is 1. The highest BCUT2D eigenvalue weighted by Gasteiger charge is 2.24. The van der Waals surface area contributed by atoms with Gasteiger partial charge >= 0.3 is 0 Å². The van der Waals surface area contributed by atoms with Crippen LogP contribution in [0.3, 0.4) is 0 Å². The van der Waals surface area contributed by atoms with Gasteiger partial charge in [-0.05, 0) is 30.2 Å². The largest absolute Gasteiger partial charge is 0.394 e. The van der Waals surface area contributed by atoms with Gasteiger partial charge in [0.15, 0.2) is 0 Å². The summed E-state index contributed by atoms with van der Waals surface area (Å²) in [6.45, 7) is 3.30. The van der Waals surface area contributed by atoms with Gasteiger partial charge in [-0.15, -0.1) is 0 Å². The Labute approximate surface area is 193 Å². The molecule has 1 amide bonds. The number of hydrogen-bond acceptors (Lipinski definition) is 5. The molecule has 1 atom stereocenters. The summed E-state index contributed by atoms with van der Waals surface area (Å²) in [6, 6.07) is 19.8. The van der Waals surface area contributed by atoms with Crippen LogP contribution in [0.4, 0.5) is 10.2 Å². The van der Waals surface area contributed by atoms with Gasteiger partial charge in [-0.1, -0.05) is 48.5 Å². The molecule has 0 spiro atoms. The highest BCUT2D eigenvalue weighted by molar-refractivity contribution is 5.99. The second-order valence-corrected chi connectivity index (χ2v) is 8.27. The number of rotatable bonds is 8. The molecule has 3 aromatic rings. The number of nitrogens with one attached hydrogen (secondary N) is 1. The van der Waals surface area contributed by atoms with Crippen molar-refractivity contribution in [1.82, 2.24) is 15.2 Å². The molecule has 172 valence electrons. The molecule has 1 fully saturated rings. The molecule has 0 radical (unpaired) electrons. The number of hydrogen-bond donors (Lipinski definition) is 2. The van der Waals surface area contributed by atoms with Crippen molar-refractivity contribution in [1.29, 1.82) is 0 Å². The Balaban J connectivity index is 1.39. The van der Waals surface area contributed by atoms with Crippen molar-refractivity contribution >= 4 is 11.7 Å². The summed E-state index contributed by atoms with van der Waals surface area (Å²) in [7, 11) is 0. The molecule has 6 nitrogen and oxygen atoms in total. The van der Waals surface area contributed by atoms with Crippen molar-refractivity contribution in [2.45, 2.75) is 19.0 Å². The average molecular weight is 449 g/mol. The molecule has 1 aromatic heterocycles. The fourth-order valence-corrected chi connectivity index (χ4v) is 4.13. The predicted molar refractivity (Wildman–Crippen MR) is 127 cm³/mol. The van der Waals surface area contributed by atoms with Crippen LogP contribution in [0.15, 0.2) is 72.9 Å². The summed E-state index contributed by atoms with van der Waals surface area (Å²) in [5, 5.41) is 12.7. The minimum Gasteiger partial charge on any atom is -0.394 e. The molecule has 1 aliphatic rings. The number of aromatic nitrogens is 1.